The van der Waals surface area contributed by atoms with E-state index >= 15 is 0 Å². The number of aliphatic hydroxyl groups excluding tert-OH is 1. The first kappa shape index (κ1) is 15.4. The van der Waals surface area contributed by atoms with Crippen molar-refractivity contribution in [1.29, 1.82) is 0 Å². The number of hydrogen-bond acceptors (Lipinski definition) is 3. The first-order valence-corrected chi connectivity index (χ1v) is 7.18. The van der Waals surface area contributed by atoms with Crippen LogP contribution in [0.25, 0.3) is 0 Å². The van der Waals surface area contributed by atoms with E-state index < -0.39 is 11.6 Å². The molecule has 1 atom stereocenters. The van der Waals surface area contributed by atoms with Gasteiger partial charge in [-0.3, -0.25) is 9.80 Å². The summed E-state index contributed by atoms with van der Waals surface area (Å²) in [6.07, 6.45) is 0.794. The van der Waals surface area contributed by atoms with Crippen LogP contribution >= 0.6 is 0 Å². The Hall–Kier alpha value is -1.04. The zero-order chi connectivity index (χ0) is 14.5. The van der Waals surface area contributed by atoms with Crippen molar-refractivity contribution in [2.75, 3.05) is 39.3 Å². The van der Waals surface area contributed by atoms with Crippen molar-refractivity contribution in [2.45, 2.75) is 19.4 Å². The van der Waals surface area contributed by atoms with Crippen LogP contribution in [0.2, 0.25) is 0 Å². The maximum absolute atomic E-state index is 13.9. The van der Waals surface area contributed by atoms with Crippen LogP contribution in [0.4, 0.5) is 8.78 Å². The lowest BCUT2D eigenvalue weighted by Crippen LogP contribution is -2.48. The summed E-state index contributed by atoms with van der Waals surface area (Å²) in [6, 6.07) is 3.83. The van der Waals surface area contributed by atoms with Crippen LogP contribution < -0.4 is 0 Å². The summed E-state index contributed by atoms with van der Waals surface area (Å²) in [5.41, 5.74) is 0.574. The van der Waals surface area contributed by atoms with Gasteiger partial charge in [-0.15, -0.1) is 0 Å². The van der Waals surface area contributed by atoms with E-state index in [2.05, 4.69) is 9.80 Å². The highest BCUT2D eigenvalue weighted by atomic mass is 19.1. The van der Waals surface area contributed by atoms with Gasteiger partial charge in [-0.2, -0.15) is 0 Å². The van der Waals surface area contributed by atoms with Crippen molar-refractivity contribution in [3.8, 4) is 0 Å². The quantitative estimate of drug-likeness (QED) is 0.896. The van der Waals surface area contributed by atoms with Gasteiger partial charge in [0.05, 0.1) is 6.61 Å². The van der Waals surface area contributed by atoms with Crippen LogP contribution in [0.1, 0.15) is 24.9 Å². The highest BCUT2D eigenvalue weighted by molar-refractivity contribution is 5.22. The summed E-state index contributed by atoms with van der Waals surface area (Å²) < 4.78 is 26.9. The Balaban J connectivity index is 2.05. The minimum Gasteiger partial charge on any atom is -0.395 e. The van der Waals surface area contributed by atoms with E-state index in [4.69, 9.17) is 5.11 Å². The van der Waals surface area contributed by atoms with Crippen LogP contribution in [-0.2, 0) is 0 Å². The second-order valence-corrected chi connectivity index (χ2v) is 5.19. The van der Waals surface area contributed by atoms with E-state index in [1.807, 2.05) is 6.92 Å². The van der Waals surface area contributed by atoms with Crippen LogP contribution in [0.15, 0.2) is 18.2 Å². The van der Waals surface area contributed by atoms with E-state index in [1.54, 1.807) is 6.07 Å². The number of halogens is 2. The predicted molar refractivity (Wildman–Crippen MR) is 74.5 cm³/mol. The van der Waals surface area contributed by atoms with Gasteiger partial charge in [-0.05, 0) is 12.5 Å². The minimum absolute atomic E-state index is 0.00752. The molecule has 1 aliphatic heterocycles. The number of benzene rings is 1. The standard InChI is InChI=1S/C15H22F2N2O/c1-2-15(13-4-3-12(16)11-14(13)17)19-7-5-18(6-8-19)9-10-20/h3-4,11,15,20H,2,5-10H2,1H3/t15-/m0/s1. The average molecular weight is 284 g/mol. The summed E-state index contributed by atoms with van der Waals surface area (Å²) in [4.78, 5) is 4.44. The van der Waals surface area contributed by atoms with Crippen LogP contribution in [0, 0.1) is 11.6 Å². The fraction of sp³-hybridized carbons (Fsp3) is 0.600. The molecule has 1 fully saturated rings. The summed E-state index contributed by atoms with van der Waals surface area (Å²) in [5.74, 6) is -0.997. The van der Waals surface area contributed by atoms with Crippen molar-refractivity contribution >= 4 is 0 Å². The van der Waals surface area contributed by atoms with Gasteiger partial charge >= 0.3 is 0 Å². The topological polar surface area (TPSA) is 26.7 Å². The Morgan fingerprint density at radius 3 is 2.45 bits per heavy atom. The molecule has 112 valence electrons. The Bertz CT molecular complexity index is 434. The Morgan fingerprint density at radius 1 is 1.20 bits per heavy atom. The fourth-order valence-corrected chi connectivity index (χ4v) is 2.89. The Morgan fingerprint density at radius 2 is 1.90 bits per heavy atom. The minimum atomic E-state index is -0.533. The van der Waals surface area contributed by atoms with Crippen molar-refractivity contribution in [3.63, 3.8) is 0 Å². The third-order valence-corrected chi connectivity index (χ3v) is 3.97. The molecule has 0 bridgehead atoms. The van der Waals surface area contributed by atoms with Gasteiger partial charge in [0.2, 0.25) is 0 Å². The van der Waals surface area contributed by atoms with Gasteiger partial charge in [-0.25, -0.2) is 8.78 Å². The van der Waals surface area contributed by atoms with E-state index in [0.29, 0.717) is 12.1 Å². The molecule has 0 radical (unpaired) electrons. The molecular formula is C15H22F2N2O. The number of β-amino-alcohol motifs (C(OH)–C–C–N with tert-alkyl or cyclic N) is 1. The van der Waals surface area contributed by atoms with Crippen molar-refractivity contribution in [1.82, 2.24) is 9.80 Å². The first-order chi connectivity index (χ1) is 9.65. The van der Waals surface area contributed by atoms with Crippen molar-refractivity contribution in [3.05, 3.63) is 35.4 Å². The number of nitrogens with zero attached hydrogens (tertiary/aromatic N) is 2. The maximum Gasteiger partial charge on any atom is 0.130 e. The zero-order valence-corrected chi connectivity index (χ0v) is 11.9. The lowest BCUT2D eigenvalue weighted by atomic mass is 10.0. The molecule has 1 heterocycles. The summed E-state index contributed by atoms with van der Waals surface area (Å²) in [7, 11) is 0. The molecule has 1 aromatic rings. The molecular weight excluding hydrogens is 262 g/mol. The monoisotopic (exact) mass is 284 g/mol. The molecule has 1 N–H and O–H groups in total. The highest BCUT2D eigenvalue weighted by Gasteiger charge is 2.25. The molecule has 3 nitrogen and oxygen atoms in total. The first-order valence-electron chi connectivity index (χ1n) is 7.18. The van der Waals surface area contributed by atoms with Gasteiger partial charge in [0, 0.05) is 50.4 Å². The number of rotatable bonds is 5. The SMILES string of the molecule is CC[C@@H](c1ccc(F)cc1F)N1CCN(CCO)CC1. The van der Waals surface area contributed by atoms with Gasteiger partial charge in [0.15, 0.2) is 0 Å². The van der Waals surface area contributed by atoms with Crippen molar-refractivity contribution in [2.24, 2.45) is 0 Å². The average Bonchev–Trinajstić information content (AvgIpc) is 2.44. The smallest absolute Gasteiger partial charge is 0.130 e. The van der Waals surface area contributed by atoms with Gasteiger partial charge < -0.3 is 5.11 Å². The van der Waals surface area contributed by atoms with Crippen LogP contribution in [0.5, 0.6) is 0 Å². The molecule has 0 aliphatic carbocycles. The van der Waals surface area contributed by atoms with Gasteiger partial charge in [-0.1, -0.05) is 13.0 Å². The van der Waals surface area contributed by atoms with Crippen molar-refractivity contribution < 1.29 is 13.9 Å². The highest BCUT2D eigenvalue weighted by Crippen LogP contribution is 2.27. The predicted octanol–water partition coefficient (Wildman–Crippen LogP) is 2.03. The molecule has 5 heteroatoms. The van der Waals surface area contributed by atoms with Gasteiger partial charge in [0.25, 0.3) is 0 Å². The maximum atomic E-state index is 13.9. The fourth-order valence-electron chi connectivity index (χ4n) is 2.89. The molecule has 20 heavy (non-hydrogen) atoms. The molecule has 0 unspecified atom stereocenters. The van der Waals surface area contributed by atoms with E-state index in [9.17, 15) is 8.78 Å². The zero-order valence-electron chi connectivity index (χ0n) is 11.9. The third-order valence-electron chi connectivity index (χ3n) is 3.97. The lowest BCUT2D eigenvalue weighted by Gasteiger charge is -2.39. The summed E-state index contributed by atoms with van der Waals surface area (Å²) in [6.45, 7) is 6.32. The normalized spacial score (nSPS) is 19.2. The largest absolute Gasteiger partial charge is 0.395 e. The molecule has 1 aliphatic rings. The van der Waals surface area contributed by atoms with E-state index in [1.165, 1.54) is 6.07 Å². The molecule has 1 saturated heterocycles. The summed E-state index contributed by atoms with van der Waals surface area (Å²) in [5, 5.41) is 8.94. The number of aliphatic hydroxyl groups is 1. The Kier molecular flexibility index (Phi) is 5.46. The van der Waals surface area contributed by atoms with E-state index in [0.717, 1.165) is 38.7 Å². The molecule has 2 rings (SSSR count). The van der Waals surface area contributed by atoms with E-state index in [-0.39, 0.29) is 12.6 Å². The molecule has 0 aromatic heterocycles. The molecule has 0 spiro atoms. The van der Waals surface area contributed by atoms with Crippen LogP contribution in [-0.4, -0.2) is 54.2 Å². The molecule has 0 saturated carbocycles. The van der Waals surface area contributed by atoms with Gasteiger partial charge in [0.1, 0.15) is 11.6 Å². The summed E-state index contributed by atoms with van der Waals surface area (Å²) >= 11 is 0. The molecule has 1 aromatic carbocycles. The number of hydrogen-bond donors (Lipinski definition) is 1. The number of piperazine rings is 1. The lowest BCUT2D eigenvalue weighted by molar-refractivity contribution is 0.0806. The second kappa shape index (κ2) is 7.11. The third kappa shape index (κ3) is 3.53. The van der Waals surface area contributed by atoms with Crippen LogP contribution in [0.3, 0.4) is 0 Å². The Labute approximate surface area is 118 Å². The molecule has 0 amide bonds. The second-order valence-electron chi connectivity index (χ2n) is 5.19.